The smallest absolute Gasteiger partial charge is 0.189 e. The van der Waals surface area contributed by atoms with Crippen molar-refractivity contribution in [2.75, 3.05) is 30.9 Å². The number of morpholine rings is 1. The second-order valence-electron chi connectivity index (χ2n) is 7.08. The van der Waals surface area contributed by atoms with Gasteiger partial charge in [0.25, 0.3) is 0 Å². The lowest BCUT2D eigenvalue weighted by Crippen LogP contribution is -2.44. The first-order chi connectivity index (χ1) is 13.0. The Kier molecular flexibility index (Phi) is 4.90. The third kappa shape index (κ3) is 3.23. The number of benzene rings is 1. The zero-order valence-corrected chi connectivity index (χ0v) is 17.2. The first-order valence-corrected chi connectivity index (χ1v) is 11.9. The van der Waals surface area contributed by atoms with Crippen LogP contribution in [0, 0.1) is 4.78 Å². The third-order valence-electron chi connectivity index (χ3n) is 5.33. The molecule has 0 bridgehead atoms. The van der Waals surface area contributed by atoms with Crippen molar-refractivity contribution in [2.24, 2.45) is 0 Å². The van der Waals surface area contributed by atoms with E-state index in [0.717, 1.165) is 18.1 Å². The van der Waals surface area contributed by atoms with E-state index in [-0.39, 0.29) is 6.04 Å². The fourth-order valence-corrected chi connectivity index (χ4v) is 6.04. The Hall–Kier alpha value is -1.64. The summed E-state index contributed by atoms with van der Waals surface area (Å²) in [6, 6.07) is 11.3. The molecule has 4 rings (SSSR count). The molecule has 27 heavy (non-hydrogen) atoms. The Balaban J connectivity index is 1.78. The average Bonchev–Trinajstić information content (AvgIpc) is 3.51. The summed E-state index contributed by atoms with van der Waals surface area (Å²) in [6.45, 7) is 4.22. The van der Waals surface area contributed by atoms with Crippen molar-refractivity contribution < 1.29 is 8.95 Å². The SMILES string of the molecule is CSc1nc(N2CCOC[C@H]2C)cc(C2(S(=N)(=O)c3ccccc3)CC2)n1. The summed E-state index contributed by atoms with van der Waals surface area (Å²) in [4.78, 5) is 12.2. The van der Waals surface area contributed by atoms with Crippen LogP contribution in [-0.4, -0.2) is 46.2 Å². The zero-order chi connectivity index (χ0) is 19.1. The molecule has 1 N–H and O–H groups in total. The second-order valence-corrected chi connectivity index (χ2v) is 10.2. The predicted octanol–water partition coefficient (Wildman–Crippen LogP) is 3.52. The van der Waals surface area contributed by atoms with Gasteiger partial charge in [0.1, 0.15) is 10.6 Å². The van der Waals surface area contributed by atoms with Crippen LogP contribution in [0.4, 0.5) is 5.82 Å². The highest BCUT2D eigenvalue weighted by molar-refractivity contribution is 7.98. The highest BCUT2D eigenvalue weighted by atomic mass is 32.2. The van der Waals surface area contributed by atoms with Crippen molar-refractivity contribution in [3.63, 3.8) is 0 Å². The van der Waals surface area contributed by atoms with Gasteiger partial charge in [-0.2, -0.15) is 0 Å². The van der Waals surface area contributed by atoms with Crippen LogP contribution in [0.1, 0.15) is 25.5 Å². The third-order valence-corrected chi connectivity index (χ3v) is 8.53. The number of rotatable bonds is 5. The van der Waals surface area contributed by atoms with Gasteiger partial charge in [0.15, 0.2) is 5.16 Å². The van der Waals surface area contributed by atoms with Crippen LogP contribution in [-0.2, 0) is 19.2 Å². The standard InChI is InChI=1S/C19H24N4O2S2/c1-14-13-25-11-10-23(14)17-12-16(21-18(22-17)26-2)19(8-9-19)27(20,24)15-6-4-3-5-7-15/h3-7,12,14,20H,8-11,13H2,1-2H3/t14-,27?/m1/s1. The van der Waals surface area contributed by atoms with E-state index < -0.39 is 14.5 Å². The predicted molar refractivity (Wildman–Crippen MR) is 108 cm³/mol. The topological polar surface area (TPSA) is 79.2 Å². The molecule has 1 saturated carbocycles. The van der Waals surface area contributed by atoms with Gasteiger partial charge in [-0.15, -0.1) is 0 Å². The Labute approximate surface area is 164 Å². The number of hydrogen-bond donors (Lipinski definition) is 1. The number of nitrogens with zero attached hydrogens (tertiary/aromatic N) is 3. The average molecular weight is 405 g/mol. The molecule has 1 aromatic carbocycles. The molecule has 0 spiro atoms. The summed E-state index contributed by atoms with van der Waals surface area (Å²) in [5.41, 5.74) is 0.736. The van der Waals surface area contributed by atoms with Crippen molar-refractivity contribution in [3.8, 4) is 0 Å². The monoisotopic (exact) mass is 404 g/mol. The molecule has 1 unspecified atom stereocenters. The molecule has 2 fully saturated rings. The van der Waals surface area contributed by atoms with Crippen LogP contribution in [0.3, 0.4) is 0 Å². The van der Waals surface area contributed by atoms with Crippen LogP contribution in [0.5, 0.6) is 0 Å². The first kappa shape index (κ1) is 18.7. The lowest BCUT2D eigenvalue weighted by Gasteiger charge is -2.34. The minimum atomic E-state index is -3.01. The molecule has 1 aromatic heterocycles. The quantitative estimate of drug-likeness (QED) is 0.607. The lowest BCUT2D eigenvalue weighted by atomic mass is 10.2. The maximum Gasteiger partial charge on any atom is 0.189 e. The van der Waals surface area contributed by atoms with E-state index in [1.165, 1.54) is 11.8 Å². The van der Waals surface area contributed by atoms with E-state index in [9.17, 15) is 4.21 Å². The minimum absolute atomic E-state index is 0.223. The summed E-state index contributed by atoms with van der Waals surface area (Å²) >= 11 is 1.48. The largest absolute Gasteiger partial charge is 0.377 e. The number of hydrogen-bond acceptors (Lipinski definition) is 7. The number of nitrogens with one attached hydrogen (secondary N) is 1. The highest BCUT2D eigenvalue weighted by Gasteiger charge is 2.55. The van der Waals surface area contributed by atoms with E-state index in [2.05, 4.69) is 11.8 Å². The van der Waals surface area contributed by atoms with E-state index in [0.29, 0.717) is 36.1 Å². The van der Waals surface area contributed by atoms with Crippen LogP contribution in [0.15, 0.2) is 46.5 Å². The number of anilines is 1. The van der Waals surface area contributed by atoms with Crippen LogP contribution in [0.2, 0.25) is 0 Å². The van der Waals surface area contributed by atoms with Crippen LogP contribution >= 0.6 is 11.8 Å². The molecule has 1 saturated heterocycles. The molecule has 6 nitrogen and oxygen atoms in total. The summed E-state index contributed by atoms with van der Waals surface area (Å²) in [5.74, 6) is 0.842. The first-order valence-electron chi connectivity index (χ1n) is 9.09. The molecule has 8 heteroatoms. The van der Waals surface area contributed by atoms with Gasteiger partial charge in [0.05, 0.1) is 34.7 Å². The van der Waals surface area contributed by atoms with E-state index >= 15 is 0 Å². The van der Waals surface area contributed by atoms with Crippen LogP contribution in [0.25, 0.3) is 0 Å². The zero-order valence-electron chi connectivity index (χ0n) is 15.6. The maximum absolute atomic E-state index is 13.6. The Morgan fingerprint density at radius 3 is 2.67 bits per heavy atom. The molecule has 2 heterocycles. The summed E-state index contributed by atoms with van der Waals surface area (Å²) in [5, 5.41) is 0.663. The number of aromatic nitrogens is 2. The molecule has 2 atom stereocenters. The minimum Gasteiger partial charge on any atom is -0.377 e. The number of thioether (sulfide) groups is 1. The molecule has 1 aliphatic carbocycles. The Morgan fingerprint density at radius 2 is 2.04 bits per heavy atom. The van der Waals surface area contributed by atoms with Gasteiger partial charge in [-0.25, -0.2) is 19.0 Å². The van der Waals surface area contributed by atoms with Crippen molar-refractivity contribution >= 4 is 27.3 Å². The molecular weight excluding hydrogens is 380 g/mol. The lowest BCUT2D eigenvalue weighted by molar-refractivity contribution is 0.0984. The van der Waals surface area contributed by atoms with E-state index in [1.54, 1.807) is 12.1 Å². The van der Waals surface area contributed by atoms with Gasteiger partial charge in [0.2, 0.25) is 0 Å². The Bertz CT molecular complexity index is 930. The van der Waals surface area contributed by atoms with E-state index in [4.69, 9.17) is 19.5 Å². The van der Waals surface area contributed by atoms with Crippen LogP contribution < -0.4 is 4.90 Å². The molecule has 0 radical (unpaired) electrons. The van der Waals surface area contributed by atoms with Gasteiger partial charge in [0, 0.05) is 17.5 Å². The fourth-order valence-electron chi connectivity index (χ4n) is 3.59. The molecule has 0 amide bonds. The van der Waals surface area contributed by atoms with Gasteiger partial charge < -0.3 is 9.64 Å². The van der Waals surface area contributed by atoms with Crippen molar-refractivity contribution in [1.82, 2.24) is 9.97 Å². The normalized spacial score (nSPS) is 23.6. The Morgan fingerprint density at radius 1 is 1.30 bits per heavy atom. The van der Waals surface area contributed by atoms with Gasteiger partial charge in [-0.1, -0.05) is 30.0 Å². The van der Waals surface area contributed by atoms with Gasteiger partial charge in [-0.3, -0.25) is 0 Å². The summed E-state index contributed by atoms with van der Waals surface area (Å²) < 4.78 is 27.2. The summed E-state index contributed by atoms with van der Waals surface area (Å²) in [6.07, 6.45) is 3.38. The van der Waals surface area contributed by atoms with Gasteiger partial charge >= 0.3 is 0 Å². The molecule has 144 valence electrons. The molecule has 2 aliphatic rings. The van der Waals surface area contributed by atoms with Crippen molar-refractivity contribution in [1.29, 1.82) is 4.78 Å². The van der Waals surface area contributed by atoms with Crippen molar-refractivity contribution in [3.05, 3.63) is 42.1 Å². The summed E-state index contributed by atoms with van der Waals surface area (Å²) in [7, 11) is -3.01. The number of ether oxygens (including phenoxy) is 1. The molecule has 1 aliphatic heterocycles. The van der Waals surface area contributed by atoms with Crippen molar-refractivity contribution in [2.45, 2.75) is 40.6 Å². The molecular formula is C19H24N4O2S2. The fraction of sp³-hybridized carbons (Fsp3) is 0.474. The second kappa shape index (κ2) is 7.07. The highest BCUT2D eigenvalue weighted by Crippen LogP contribution is 2.55. The van der Waals surface area contributed by atoms with E-state index in [1.807, 2.05) is 30.5 Å². The maximum atomic E-state index is 13.6. The molecule has 2 aromatic rings. The van der Waals surface area contributed by atoms with Gasteiger partial charge in [-0.05, 0) is 38.2 Å².